The third-order valence-electron chi connectivity index (χ3n) is 7.51. The van der Waals surface area contributed by atoms with Crippen molar-refractivity contribution in [3.8, 4) is 5.75 Å². The largest absolute Gasteiger partial charge is 0.490 e. The fraction of sp³-hybridized carbons (Fsp3) is 0.636. The molecule has 154 valence electrons. The lowest BCUT2D eigenvalue weighted by molar-refractivity contribution is -0.386. The molecule has 4 bridgehead atoms. The van der Waals surface area contributed by atoms with E-state index in [1.807, 2.05) is 0 Å². The lowest BCUT2D eigenvalue weighted by Gasteiger charge is -2.54. The van der Waals surface area contributed by atoms with Crippen molar-refractivity contribution in [2.45, 2.75) is 57.8 Å². The molecule has 4 saturated carbocycles. The summed E-state index contributed by atoms with van der Waals surface area (Å²) in [6.07, 6.45) is 8.55. The number of hydrogen-bond donors (Lipinski definition) is 0. The smallest absolute Gasteiger partial charge is 0.341 e. The zero-order chi connectivity index (χ0) is 20.2. The Morgan fingerprint density at radius 1 is 1.14 bits per heavy atom. The average Bonchev–Trinajstić information content (AvgIpc) is 2.69. The molecule has 0 saturated heterocycles. The minimum atomic E-state index is -0.401. The number of nitro benzene ring substituents is 1. The number of carbonyl (C=O) groups excluding carboxylic acids is 1. The molecule has 1 aromatic carbocycles. The number of methoxy groups -OCH3 is 1. The Hall–Kier alpha value is -2.44. The zero-order valence-electron chi connectivity index (χ0n) is 16.7. The Morgan fingerprint density at radius 3 is 2.38 bits per heavy atom. The molecule has 7 heteroatoms. The van der Waals surface area contributed by atoms with Gasteiger partial charge < -0.3 is 9.57 Å². The van der Waals surface area contributed by atoms with Crippen molar-refractivity contribution < 1.29 is 19.3 Å². The summed E-state index contributed by atoms with van der Waals surface area (Å²) in [5, 5.41) is 15.8. The summed E-state index contributed by atoms with van der Waals surface area (Å²) in [6, 6.07) is 3.39. The van der Waals surface area contributed by atoms with Crippen molar-refractivity contribution in [2.24, 2.45) is 28.3 Å². The van der Waals surface area contributed by atoms with Crippen LogP contribution in [0.3, 0.4) is 0 Å². The molecule has 0 N–H and O–H groups in total. The average molecular weight is 398 g/mol. The first-order valence-electron chi connectivity index (χ1n) is 10.6. The summed E-state index contributed by atoms with van der Waals surface area (Å²) in [6.45, 7) is 0. The molecule has 0 heterocycles. The Morgan fingerprint density at radius 2 is 1.79 bits per heavy atom. The van der Waals surface area contributed by atoms with Crippen LogP contribution in [0, 0.1) is 33.3 Å². The van der Waals surface area contributed by atoms with Gasteiger partial charge in [0.15, 0.2) is 5.75 Å². The molecule has 0 aromatic heterocycles. The summed E-state index contributed by atoms with van der Waals surface area (Å²) in [4.78, 5) is 29.8. The highest BCUT2D eigenvalue weighted by Gasteiger charge is 2.55. The van der Waals surface area contributed by atoms with Gasteiger partial charge in [-0.2, -0.15) is 0 Å². The third kappa shape index (κ3) is 3.02. The van der Waals surface area contributed by atoms with Gasteiger partial charge >= 0.3 is 11.7 Å². The van der Waals surface area contributed by atoms with Crippen molar-refractivity contribution in [1.29, 1.82) is 0 Å². The van der Waals surface area contributed by atoms with Gasteiger partial charge in [0, 0.05) is 11.1 Å². The van der Waals surface area contributed by atoms with Gasteiger partial charge in [-0.05, 0) is 87.7 Å². The van der Waals surface area contributed by atoms with E-state index in [9.17, 15) is 14.9 Å². The molecule has 4 fully saturated rings. The summed E-state index contributed by atoms with van der Waals surface area (Å²) in [5.74, 6) is 2.03. The van der Waals surface area contributed by atoms with Crippen molar-refractivity contribution in [3.05, 3.63) is 33.4 Å². The summed E-state index contributed by atoms with van der Waals surface area (Å²) in [5.41, 5.74) is 1.56. The molecule has 5 aliphatic carbocycles. The number of benzene rings is 1. The first-order valence-corrected chi connectivity index (χ1v) is 10.6. The van der Waals surface area contributed by atoms with Crippen LogP contribution in [0.25, 0.3) is 0 Å². The summed E-state index contributed by atoms with van der Waals surface area (Å²) in [7, 11) is 1.43. The van der Waals surface area contributed by atoms with Crippen LogP contribution < -0.4 is 4.74 Å². The maximum absolute atomic E-state index is 13.1. The normalized spacial score (nSPS) is 33.4. The van der Waals surface area contributed by atoms with Crippen LogP contribution in [0.4, 0.5) is 5.69 Å². The molecule has 0 aliphatic heterocycles. The van der Waals surface area contributed by atoms with Crippen molar-refractivity contribution in [3.63, 3.8) is 0 Å². The highest BCUT2D eigenvalue weighted by molar-refractivity contribution is 6.04. The Kier molecular flexibility index (Phi) is 4.37. The number of nitro groups is 1. The van der Waals surface area contributed by atoms with Crippen molar-refractivity contribution in [1.82, 2.24) is 0 Å². The minimum Gasteiger partial charge on any atom is -0.490 e. The zero-order valence-corrected chi connectivity index (χ0v) is 16.7. The Bertz CT molecular complexity index is 871. The molecule has 0 unspecified atom stereocenters. The summed E-state index contributed by atoms with van der Waals surface area (Å²) < 4.78 is 5.18. The van der Waals surface area contributed by atoms with Crippen LogP contribution in [-0.4, -0.2) is 23.7 Å². The maximum Gasteiger partial charge on any atom is 0.341 e. The number of fused-ring (bicyclic) bond motifs is 1. The van der Waals surface area contributed by atoms with Gasteiger partial charge in [-0.25, -0.2) is 4.79 Å². The van der Waals surface area contributed by atoms with E-state index in [2.05, 4.69) is 5.16 Å². The van der Waals surface area contributed by atoms with E-state index in [0.29, 0.717) is 47.4 Å². The molecular formula is C22H26N2O5. The van der Waals surface area contributed by atoms with Gasteiger partial charge in [-0.1, -0.05) is 5.16 Å². The van der Waals surface area contributed by atoms with E-state index in [4.69, 9.17) is 9.57 Å². The van der Waals surface area contributed by atoms with Gasteiger partial charge in [-0.3, -0.25) is 10.1 Å². The molecular weight excluding hydrogens is 372 g/mol. The molecule has 29 heavy (non-hydrogen) atoms. The quantitative estimate of drug-likeness (QED) is 0.426. The second kappa shape index (κ2) is 6.82. The summed E-state index contributed by atoms with van der Waals surface area (Å²) >= 11 is 0. The minimum absolute atomic E-state index is 0.00943. The highest BCUT2D eigenvalue weighted by atomic mass is 16.7. The number of hydrogen-bond acceptors (Lipinski definition) is 6. The third-order valence-corrected chi connectivity index (χ3v) is 7.51. The number of nitrogens with zero attached hydrogens (tertiary/aromatic N) is 2. The van der Waals surface area contributed by atoms with Crippen LogP contribution in [-0.2, 0) is 16.1 Å². The Balaban J connectivity index is 1.41. The highest BCUT2D eigenvalue weighted by Crippen LogP contribution is 2.60. The molecule has 0 spiro atoms. The predicted octanol–water partition coefficient (Wildman–Crippen LogP) is 4.40. The molecule has 6 rings (SSSR count). The number of rotatable bonds is 4. The van der Waals surface area contributed by atoms with Crippen LogP contribution in [0.2, 0.25) is 0 Å². The molecule has 0 atom stereocenters. The van der Waals surface area contributed by atoms with Gasteiger partial charge in [0.1, 0.15) is 0 Å². The maximum atomic E-state index is 13.1. The number of carbonyl (C=O) groups is 1. The van der Waals surface area contributed by atoms with Crippen LogP contribution in [0.1, 0.15) is 62.5 Å². The lowest BCUT2D eigenvalue weighted by Crippen LogP contribution is -2.50. The topological polar surface area (TPSA) is 91.0 Å². The lowest BCUT2D eigenvalue weighted by atomic mass is 9.49. The van der Waals surface area contributed by atoms with Crippen LogP contribution >= 0.6 is 0 Å². The van der Waals surface area contributed by atoms with E-state index < -0.39 is 4.92 Å². The van der Waals surface area contributed by atoms with E-state index in [1.165, 1.54) is 26.4 Å². The van der Waals surface area contributed by atoms with Crippen LogP contribution in [0.15, 0.2) is 17.3 Å². The predicted molar refractivity (Wildman–Crippen MR) is 106 cm³/mol. The van der Waals surface area contributed by atoms with E-state index in [0.717, 1.165) is 25.7 Å². The second-order valence-electron chi connectivity index (χ2n) is 9.37. The van der Waals surface area contributed by atoms with Crippen molar-refractivity contribution >= 4 is 17.4 Å². The van der Waals surface area contributed by atoms with E-state index >= 15 is 0 Å². The first kappa shape index (κ1) is 18.6. The van der Waals surface area contributed by atoms with Gasteiger partial charge in [0.25, 0.3) is 0 Å². The number of oxime groups is 1. The van der Waals surface area contributed by atoms with Crippen LogP contribution in [0.5, 0.6) is 5.75 Å². The molecule has 0 amide bonds. The van der Waals surface area contributed by atoms with Gasteiger partial charge in [-0.15, -0.1) is 0 Å². The fourth-order valence-corrected chi connectivity index (χ4v) is 6.72. The monoisotopic (exact) mass is 398 g/mol. The first-order chi connectivity index (χ1) is 14.0. The molecule has 7 nitrogen and oxygen atoms in total. The molecule has 1 aromatic rings. The van der Waals surface area contributed by atoms with Crippen molar-refractivity contribution in [2.75, 3.05) is 7.11 Å². The van der Waals surface area contributed by atoms with Gasteiger partial charge in [0.2, 0.25) is 0 Å². The SMILES string of the molecule is COc1ccc2c(c1[N+](=O)[O-])CCC/C2=N\OC(=O)C12CC3CC(CC(C3)C1)C2. The van der Waals surface area contributed by atoms with Gasteiger partial charge in [0.05, 0.1) is 23.2 Å². The van der Waals surface area contributed by atoms with E-state index in [1.54, 1.807) is 12.1 Å². The van der Waals surface area contributed by atoms with E-state index in [-0.39, 0.29) is 22.8 Å². The standard InChI is InChI=1S/C22H26N2O5/c1-28-19-6-5-16-17(20(19)24(26)27)3-2-4-18(16)23-29-21(25)22-10-13-7-14(11-22)9-15(8-13)12-22/h5-6,13-15H,2-4,7-12H2,1H3/b23-18+. The number of ether oxygens (including phenoxy) is 1. The Labute approximate surface area is 169 Å². The second-order valence-corrected chi connectivity index (χ2v) is 9.37. The molecule has 5 aliphatic rings. The fourth-order valence-electron chi connectivity index (χ4n) is 6.72. The molecule has 0 radical (unpaired) electrons.